The fraction of sp³-hybridized carbons (Fsp3) is 0.277. The number of nitrogens with zero attached hydrogens (tertiary/aromatic N) is 4. The van der Waals surface area contributed by atoms with Crippen molar-refractivity contribution in [1.82, 2.24) is 35.7 Å². The van der Waals surface area contributed by atoms with Gasteiger partial charge in [-0.3, -0.25) is 33.6 Å². The van der Waals surface area contributed by atoms with Gasteiger partial charge in [0.2, 0.25) is 28.4 Å². The van der Waals surface area contributed by atoms with E-state index in [0.717, 1.165) is 55.1 Å². The van der Waals surface area contributed by atoms with Gasteiger partial charge in [-0.05, 0) is 92.1 Å². The molecular weight excluding hydrogens is 1080 g/mol. The lowest BCUT2D eigenvalue weighted by Gasteiger charge is -2.19. The van der Waals surface area contributed by atoms with E-state index in [-0.39, 0.29) is 74.0 Å². The van der Waals surface area contributed by atoms with E-state index in [1.165, 1.54) is 12.1 Å². The molecule has 1 atom stereocenters. The highest BCUT2D eigenvalue weighted by molar-refractivity contribution is 6.07. The summed E-state index contributed by atoms with van der Waals surface area (Å²) in [5, 5.41) is 17.0. The Labute approximate surface area is 491 Å². The monoisotopic (exact) mass is 1150 g/mol. The number of unbranched alkanes of at least 4 members (excludes halogenated alkanes) is 1. The van der Waals surface area contributed by atoms with Crippen molar-refractivity contribution in [2.45, 2.75) is 38.1 Å². The molecule has 438 valence electrons. The third-order valence-electron chi connectivity index (χ3n) is 14.4. The van der Waals surface area contributed by atoms with Gasteiger partial charge in [0.05, 0.1) is 18.7 Å². The van der Waals surface area contributed by atoms with E-state index >= 15 is 0 Å². The van der Waals surface area contributed by atoms with E-state index in [1.807, 2.05) is 148 Å². The predicted octanol–water partition coefficient (Wildman–Crippen LogP) is 5.45. The minimum Gasteiger partial charge on any atom is -0.456 e. The number of hydrogen-bond acceptors (Lipinski definition) is 13. The molecule has 4 aromatic rings. The van der Waals surface area contributed by atoms with Crippen LogP contribution in [-0.4, -0.2) is 131 Å². The minimum absolute atomic E-state index is 0.0111. The molecule has 5 N–H and O–H groups in total. The smallest absolute Gasteiger partial charge is 0.298 e. The molecule has 4 aromatic carbocycles. The van der Waals surface area contributed by atoms with Crippen LogP contribution in [0.5, 0.6) is 11.5 Å². The van der Waals surface area contributed by atoms with Gasteiger partial charge >= 0.3 is 0 Å². The number of carbonyl (C=O) groups is 7. The number of hydrogen-bond donors (Lipinski definition) is 5. The van der Waals surface area contributed by atoms with E-state index in [0.29, 0.717) is 59.6 Å². The lowest BCUT2D eigenvalue weighted by Crippen LogP contribution is -2.47. The van der Waals surface area contributed by atoms with Crippen LogP contribution in [0.2, 0.25) is 0 Å². The second kappa shape index (κ2) is 27.7. The van der Waals surface area contributed by atoms with Crippen molar-refractivity contribution in [2.24, 2.45) is 0 Å². The molecule has 4 aliphatic rings. The molecule has 0 radical (unpaired) electrons. The van der Waals surface area contributed by atoms with Crippen molar-refractivity contribution in [3.05, 3.63) is 131 Å². The first-order chi connectivity index (χ1) is 40.9. The maximum atomic E-state index is 13.5. The summed E-state index contributed by atoms with van der Waals surface area (Å²) in [6.07, 6.45) is 6.29. The third-order valence-corrected chi connectivity index (χ3v) is 14.4. The second-order valence-corrected chi connectivity index (χ2v) is 21.0. The Morgan fingerprint density at radius 1 is 0.565 bits per heavy atom. The van der Waals surface area contributed by atoms with Gasteiger partial charge in [0.25, 0.3) is 24.8 Å². The third kappa shape index (κ3) is 14.5. The Bertz CT molecular complexity index is 4000. The molecule has 2 aliphatic carbocycles. The van der Waals surface area contributed by atoms with Gasteiger partial charge in [-0.15, -0.1) is 6.42 Å². The van der Waals surface area contributed by atoms with E-state index in [9.17, 15) is 33.6 Å². The minimum atomic E-state index is -0.957. The summed E-state index contributed by atoms with van der Waals surface area (Å²) in [6.45, 7) is 0.736. The van der Waals surface area contributed by atoms with Crippen molar-refractivity contribution >= 4 is 75.8 Å². The molecule has 0 fully saturated rings. The van der Waals surface area contributed by atoms with Crippen LogP contribution in [0.1, 0.15) is 52.8 Å². The Balaban J connectivity index is 0.833. The number of terminal acetylenes is 1. The van der Waals surface area contributed by atoms with Crippen LogP contribution in [0.4, 0.5) is 11.4 Å². The number of ether oxygens (including phenoxy) is 2. The van der Waals surface area contributed by atoms with Crippen molar-refractivity contribution in [3.63, 3.8) is 0 Å². The Morgan fingerprint density at radius 2 is 1.04 bits per heavy atom. The van der Waals surface area contributed by atoms with E-state index < -0.39 is 29.7 Å². The molecule has 2 aliphatic heterocycles. The quantitative estimate of drug-likeness (QED) is 0.0167. The number of benzene rings is 6. The Hall–Kier alpha value is -10.3. The number of fused-ring (bicyclic) bond motifs is 4. The summed E-state index contributed by atoms with van der Waals surface area (Å²) in [4.78, 5) is 93.9. The fourth-order valence-corrected chi connectivity index (χ4v) is 9.84. The summed E-state index contributed by atoms with van der Waals surface area (Å²) < 4.78 is 27.9. The van der Waals surface area contributed by atoms with Gasteiger partial charge in [-0.25, -0.2) is 9.15 Å². The van der Waals surface area contributed by atoms with Crippen LogP contribution in [0.15, 0.2) is 118 Å². The van der Waals surface area contributed by atoms with Gasteiger partial charge in [-0.1, -0.05) is 5.92 Å². The van der Waals surface area contributed by atoms with Crippen molar-refractivity contribution in [1.29, 1.82) is 0 Å². The number of nitrogens with one attached hydrogen (secondary N) is 5. The van der Waals surface area contributed by atoms with E-state index in [4.69, 9.17) is 24.7 Å². The number of rotatable bonds is 24. The number of carbonyl (C=O) groups excluding carboxylic acids is 7. The van der Waals surface area contributed by atoms with Crippen LogP contribution in [-0.2, 0) is 24.0 Å². The maximum Gasteiger partial charge on any atom is 0.298 e. The average molecular weight is 1150 g/mol. The molecule has 85 heavy (non-hydrogen) atoms. The van der Waals surface area contributed by atoms with Gasteiger partial charge in [-0.2, -0.15) is 0 Å². The molecule has 0 aromatic heterocycles. The highest BCUT2D eigenvalue weighted by Crippen LogP contribution is 2.46. The molecule has 5 amide bonds. The molecule has 0 spiro atoms. The molecule has 8 rings (SSSR count). The topological polar surface area (TPSA) is 237 Å². The normalized spacial score (nSPS) is 11.3. The summed E-state index contributed by atoms with van der Waals surface area (Å²) in [7, 11) is 15.5. The second-order valence-electron chi connectivity index (χ2n) is 21.0. The number of anilines is 2. The molecule has 0 saturated heterocycles. The predicted molar refractivity (Wildman–Crippen MR) is 327 cm³/mol. The van der Waals surface area contributed by atoms with Crippen molar-refractivity contribution in [2.75, 3.05) is 92.4 Å². The largest absolute Gasteiger partial charge is 0.456 e. The highest BCUT2D eigenvalue weighted by Gasteiger charge is 2.26. The Morgan fingerprint density at radius 3 is 1.48 bits per heavy atom. The van der Waals surface area contributed by atoms with Gasteiger partial charge in [0, 0.05) is 152 Å². The zero-order chi connectivity index (χ0) is 60.9. The molecular formula is C65H69N9O11+2. The zero-order valence-corrected chi connectivity index (χ0v) is 48.8. The van der Waals surface area contributed by atoms with E-state index in [1.54, 1.807) is 24.3 Å². The van der Waals surface area contributed by atoms with Crippen LogP contribution < -0.4 is 65.7 Å². The summed E-state index contributed by atoms with van der Waals surface area (Å²) >= 11 is 0. The molecule has 20 heteroatoms. The summed E-state index contributed by atoms with van der Waals surface area (Å²) in [6, 6.07) is 32.1. The first-order valence-electron chi connectivity index (χ1n) is 27.6. The SMILES string of the molecule is C#CCNC(=O)[C@H](CCCCNC(=O)CCNC(=O)c1ccc(-c2c3ccc(=[N+](C)C)cc-3oc3cc(N(C)C)ccc23)c(OC=O)c1)NC(=O)CCNC(=O)c1ccc(-c2c3ccc(=[N+](C)C)cc-3oc3cc(N(C)C)ccc23)c(OC=O)c1. The molecule has 0 bridgehead atoms. The number of amides is 5. The first kappa shape index (κ1) is 60.8. The lowest BCUT2D eigenvalue weighted by atomic mass is 9.92. The molecule has 2 heterocycles. The molecule has 0 saturated carbocycles. The fourth-order valence-electron chi connectivity index (χ4n) is 9.84. The van der Waals surface area contributed by atoms with E-state index in [2.05, 4.69) is 32.5 Å². The standard InChI is InChI=1S/C65H67N9O11/c1-10-28-67-65(81)52(70-60(78)27-31-69-64(80)41-15-21-47(54(33-41)83-39-76)62-50-24-18-44(73(6)7)36-57(50)85-58-37-45(74(8)9)19-25-51(58)62)13-11-12-29-66-59(77)26-30-68-63(79)40-14-20-46(53(32-40)82-38-75)61-48-22-16-42(71(2)3)34-55(48)84-56-35-43(72(4)5)17-23-49(56)61/h1,14-25,32-39,52H,11-13,26-31H2,2-9H3,(H3-2,66,67,68,69,70,77,78,79,80,81)/p+2/t52-/m0/s1. The van der Waals surface area contributed by atoms with Gasteiger partial charge < -0.3 is 54.7 Å². The highest BCUT2D eigenvalue weighted by atomic mass is 16.5. The van der Waals surface area contributed by atoms with Gasteiger partial charge in [0.1, 0.15) is 68.4 Å². The summed E-state index contributed by atoms with van der Waals surface area (Å²) in [5.41, 5.74) is 7.59. The van der Waals surface area contributed by atoms with Gasteiger partial charge in [0.15, 0.2) is 0 Å². The first-order valence-corrected chi connectivity index (χ1v) is 27.6. The summed E-state index contributed by atoms with van der Waals surface area (Å²) in [5.74, 6) is 1.54. The Kier molecular flexibility index (Phi) is 19.8. The average Bonchev–Trinajstić information content (AvgIpc) is 3.53. The van der Waals surface area contributed by atoms with Crippen LogP contribution >= 0.6 is 0 Å². The maximum absolute atomic E-state index is 13.5. The molecule has 20 nitrogen and oxygen atoms in total. The molecule has 0 unspecified atom stereocenters. The van der Waals surface area contributed by atoms with Crippen molar-refractivity contribution < 1.29 is 51.9 Å². The van der Waals surface area contributed by atoms with Crippen LogP contribution in [0.3, 0.4) is 0 Å². The zero-order valence-electron chi connectivity index (χ0n) is 48.8. The van der Waals surface area contributed by atoms with Crippen molar-refractivity contribution in [3.8, 4) is 68.7 Å². The van der Waals surface area contributed by atoms with Crippen LogP contribution in [0, 0.1) is 12.3 Å². The lowest BCUT2D eigenvalue weighted by molar-refractivity contribution is -0.129. The van der Waals surface area contributed by atoms with Crippen LogP contribution in [0.25, 0.3) is 66.8 Å².